The number of methoxy groups -OCH3 is 1. The van der Waals surface area contributed by atoms with E-state index < -0.39 is 10.0 Å². The molecule has 8 heteroatoms. The predicted molar refractivity (Wildman–Crippen MR) is 133 cm³/mol. The van der Waals surface area contributed by atoms with E-state index >= 15 is 0 Å². The van der Waals surface area contributed by atoms with Gasteiger partial charge < -0.3 is 9.64 Å². The summed E-state index contributed by atoms with van der Waals surface area (Å²) in [4.78, 5) is 17.7. The molecule has 34 heavy (non-hydrogen) atoms. The number of rotatable bonds is 7. The fourth-order valence-corrected chi connectivity index (χ4v) is 6.09. The van der Waals surface area contributed by atoms with E-state index in [-0.39, 0.29) is 23.3 Å². The van der Waals surface area contributed by atoms with Gasteiger partial charge in [0.2, 0.25) is 15.9 Å². The SMILES string of the molecule is COc1ccc(S(=O)(=O)N2CCC[C@@H](C(=O)N3CCN(C/C=C/c4ccccc4)CC3)C2)cc1. The van der Waals surface area contributed by atoms with E-state index in [1.165, 1.54) is 9.87 Å². The summed E-state index contributed by atoms with van der Waals surface area (Å²) in [5, 5.41) is 0. The molecule has 1 amide bonds. The van der Waals surface area contributed by atoms with Crippen LogP contribution in [0, 0.1) is 5.92 Å². The minimum Gasteiger partial charge on any atom is -0.497 e. The number of sulfonamides is 1. The standard InChI is InChI=1S/C26H33N3O4S/c1-33-24-11-13-25(14-12-24)34(31,32)29-16-6-10-23(21-29)26(30)28-19-17-27(18-20-28)15-5-9-22-7-3-2-4-8-22/h2-5,7-9,11-14,23H,6,10,15-21H2,1H3/b9-5+/t23-/m1/s1. The number of hydrogen-bond donors (Lipinski definition) is 0. The van der Waals surface area contributed by atoms with Crippen molar-refractivity contribution in [2.45, 2.75) is 17.7 Å². The molecule has 0 spiro atoms. The van der Waals surface area contributed by atoms with E-state index in [1.807, 2.05) is 23.1 Å². The third kappa shape index (κ3) is 5.87. The lowest BCUT2D eigenvalue weighted by molar-refractivity contribution is -0.138. The number of hydrogen-bond acceptors (Lipinski definition) is 5. The first-order valence-corrected chi connectivity index (χ1v) is 13.3. The number of carbonyl (C=O) groups excluding carboxylic acids is 1. The summed E-state index contributed by atoms with van der Waals surface area (Å²) in [6.07, 6.45) is 5.71. The largest absolute Gasteiger partial charge is 0.497 e. The Morgan fingerprint density at radius 1 is 1.00 bits per heavy atom. The molecule has 2 aromatic carbocycles. The van der Waals surface area contributed by atoms with Crippen molar-refractivity contribution in [2.24, 2.45) is 5.92 Å². The molecular formula is C26H33N3O4S. The van der Waals surface area contributed by atoms with Crippen LogP contribution in [0.2, 0.25) is 0 Å². The molecule has 0 bridgehead atoms. The van der Waals surface area contributed by atoms with Gasteiger partial charge in [-0.15, -0.1) is 0 Å². The van der Waals surface area contributed by atoms with Crippen LogP contribution in [-0.2, 0) is 14.8 Å². The third-order valence-corrected chi connectivity index (χ3v) is 8.47. The van der Waals surface area contributed by atoms with Crippen LogP contribution in [0.3, 0.4) is 0 Å². The highest BCUT2D eigenvalue weighted by Gasteiger charge is 2.35. The molecule has 0 aliphatic carbocycles. The number of nitrogens with zero attached hydrogens (tertiary/aromatic N) is 3. The van der Waals surface area contributed by atoms with Gasteiger partial charge in [0.25, 0.3) is 0 Å². The molecule has 4 rings (SSSR count). The Morgan fingerprint density at radius 3 is 2.38 bits per heavy atom. The Labute approximate surface area is 202 Å². The topological polar surface area (TPSA) is 70.2 Å². The summed E-state index contributed by atoms with van der Waals surface area (Å²) in [7, 11) is -2.09. The van der Waals surface area contributed by atoms with Crippen molar-refractivity contribution in [3.63, 3.8) is 0 Å². The van der Waals surface area contributed by atoms with Gasteiger partial charge in [-0.1, -0.05) is 42.5 Å². The van der Waals surface area contributed by atoms with Gasteiger partial charge >= 0.3 is 0 Å². The summed E-state index contributed by atoms with van der Waals surface area (Å²) in [5.41, 5.74) is 1.18. The van der Waals surface area contributed by atoms with Gasteiger partial charge in [0.1, 0.15) is 5.75 Å². The summed E-state index contributed by atoms with van der Waals surface area (Å²) in [6, 6.07) is 16.6. The second-order valence-electron chi connectivity index (χ2n) is 8.82. The minimum absolute atomic E-state index is 0.0779. The minimum atomic E-state index is -3.63. The zero-order valence-electron chi connectivity index (χ0n) is 19.7. The molecule has 2 aliphatic rings. The molecule has 182 valence electrons. The van der Waals surface area contributed by atoms with Crippen LogP contribution in [0.25, 0.3) is 6.08 Å². The molecule has 2 aliphatic heterocycles. The zero-order valence-corrected chi connectivity index (χ0v) is 20.5. The molecule has 2 fully saturated rings. The van der Waals surface area contributed by atoms with Crippen molar-refractivity contribution in [1.29, 1.82) is 0 Å². The Morgan fingerprint density at radius 2 is 1.71 bits per heavy atom. The molecule has 7 nitrogen and oxygen atoms in total. The van der Waals surface area contributed by atoms with Gasteiger partial charge in [0.15, 0.2) is 0 Å². The Kier molecular flexibility index (Phi) is 8.03. The highest BCUT2D eigenvalue weighted by Crippen LogP contribution is 2.26. The number of piperidine rings is 1. The van der Waals surface area contributed by atoms with E-state index in [2.05, 4.69) is 29.2 Å². The van der Waals surface area contributed by atoms with E-state index in [0.29, 0.717) is 31.8 Å². The molecule has 2 heterocycles. The van der Waals surface area contributed by atoms with Crippen LogP contribution >= 0.6 is 0 Å². The number of carbonyl (C=O) groups is 1. The van der Waals surface area contributed by atoms with Crippen LogP contribution in [0.15, 0.2) is 65.6 Å². The Bertz CT molecular complexity index is 1080. The second kappa shape index (κ2) is 11.2. The molecule has 0 saturated carbocycles. The molecule has 2 saturated heterocycles. The van der Waals surface area contributed by atoms with E-state index in [1.54, 1.807) is 31.4 Å². The number of piperazine rings is 1. The Hall–Kier alpha value is -2.68. The maximum atomic E-state index is 13.2. The lowest BCUT2D eigenvalue weighted by Crippen LogP contribution is -2.53. The lowest BCUT2D eigenvalue weighted by Gasteiger charge is -2.38. The van der Waals surface area contributed by atoms with E-state index in [0.717, 1.165) is 26.1 Å². The van der Waals surface area contributed by atoms with Gasteiger partial charge in [-0.25, -0.2) is 8.42 Å². The molecule has 0 unspecified atom stereocenters. The molecule has 0 N–H and O–H groups in total. The van der Waals surface area contributed by atoms with Crippen molar-refractivity contribution in [2.75, 3.05) is 52.9 Å². The molecule has 2 aromatic rings. The first kappa shape index (κ1) is 24.4. The van der Waals surface area contributed by atoms with Gasteiger partial charge in [-0.05, 0) is 42.7 Å². The van der Waals surface area contributed by atoms with Crippen LogP contribution in [0.1, 0.15) is 18.4 Å². The summed E-state index contributed by atoms with van der Waals surface area (Å²) >= 11 is 0. The summed E-state index contributed by atoms with van der Waals surface area (Å²) in [5.74, 6) is 0.403. The predicted octanol–water partition coefficient (Wildman–Crippen LogP) is 2.95. The normalized spacial score (nSPS) is 20.5. The second-order valence-corrected chi connectivity index (χ2v) is 10.8. The van der Waals surface area contributed by atoms with Gasteiger partial charge in [0, 0.05) is 45.8 Å². The van der Waals surface area contributed by atoms with Crippen molar-refractivity contribution in [1.82, 2.24) is 14.1 Å². The van der Waals surface area contributed by atoms with Gasteiger partial charge in [-0.3, -0.25) is 9.69 Å². The number of amides is 1. The molecular weight excluding hydrogens is 450 g/mol. The van der Waals surface area contributed by atoms with Gasteiger partial charge in [-0.2, -0.15) is 4.31 Å². The van der Waals surface area contributed by atoms with E-state index in [9.17, 15) is 13.2 Å². The number of benzene rings is 2. The molecule has 0 aromatic heterocycles. The average Bonchev–Trinajstić information content (AvgIpc) is 2.89. The van der Waals surface area contributed by atoms with Crippen molar-refractivity contribution < 1.29 is 17.9 Å². The maximum Gasteiger partial charge on any atom is 0.243 e. The zero-order chi connectivity index (χ0) is 24.0. The highest BCUT2D eigenvalue weighted by atomic mass is 32.2. The monoisotopic (exact) mass is 483 g/mol. The first-order valence-electron chi connectivity index (χ1n) is 11.8. The number of ether oxygens (including phenoxy) is 1. The van der Waals surface area contributed by atoms with Gasteiger partial charge in [0.05, 0.1) is 17.9 Å². The van der Waals surface area contributed by atoms with Crippen LogP contribution in [0.4, 0.5) is 0 Å². The lowest BCUT2D eigenvalue weighted by atomic mass is 9.98. The van der Waals surface area contributed by atoms with Crippen LogP contribution in [0.5, 0.6) is 5.75 Å². The van der Waals surface area contributed by atoms with Crippen molar-refractivity contribution in [3.8, 4) is 5.75 Å². The molecule has 0 radical (unpaired) electrons. The first-order chi connectivity index (χ1) is 16.5. The third-order valence-electron chi connectivity index (χ3n) is 6.59. The van der Waals surface area contributed by atoms with Crippen LogP contribution in [-0.4, -0.2) is 81.4 Å². The quantitative estimate of drug-likeness (QED) is 0.606. The molecule has 1 atom stereocenters. The van der Waals surface area contributed by atoms with Crippen molar-refractivity contribution in [3.05, 3.63) is 66.2 Å². The van der Waals surface area contributed by atoms with Crippen molar-refractivity contribution >= 4 is 22.0 Å². The highest BCUT2D eigenvalue weighted by molar-refractivity contribution is 7.89. The smallest absolute Gasteiger partial charge is 0.243 e. The van der Waals surface area contributed by atoms with Crippen LogP contribution < -0.4 is 4.74 Å². The van der Waals surface area contributed by atoms with E-state index in [4.69, 9.17) is 4.74 Å². The average molecular weight is 484 g/mol. The fourth-order valence-electron chi connectivity index (χ4n) is 4.57. The fraction of sp³-hybridized carbons (Fsp3) is 0.423. The summed E-state index contributed by atoms with van der Waals surface area (Å²) < 4.78 is 32.8. The maximum absolute atomic E-state index is 13.2. The Balaban J connectivity index is 1.29. The summed E-state index contributed by atoms with van der Waals surface area (Å²) in [6.45, 7) is 4.55.